The van der Waals surface area contributed by atoms with Gasteiger partial charge in [-0.3, -0.25) is 14.3 Å². The third kappa shape index (κ3) is 2.86. The van der Waals surface area contributed by atoms with E-state index in [1.165, 1.54) is 0 Å². The minimum absolute atomic E-state index is 0.245. The molecule has 6 heteroatoms. The molecule has 0 fully saturated rings. The summed E-state index contributed by atoms with van der Waals surface area (Å²) in [7, 11) is 0. The van der Waals surface area contributed by atoms with Gasteiger partial charge in [0.1, 0.15) is 17.0 Å². The summed E-state index contributed by atoms with van der Waals surface area (Å²) in [4.78, 5) is 17.7. The number of carbonyl (C=O) groups excluding carboxylic acids is 1. The Bertz CT molecular complexity index is 1110. The van der Waals surface area contributed by atoms with Crippen LogP contribution in [0.25, 0.3) is 16.9 Å². The van der Waals surface area contributed by atoms with E-state index in [1.807, 2.05) is 67.8 Å². The van der Waals surface area contributed by atoms with Crippen molar-refractivity contribution >= 4 is 17.4 Å². The first kappa shape index (κ1) is 16.1. The standard InChI is InChI=1S/C20H19N5O/c1-12-4-7-15(8-5-12)18-19(20(26)21-16-10-14(3)23-24-16)25-11-13(2)6-9-17(25)22-18/h4-11H,1-3H3,(H2,21,23,24,26). The van der Waals surface area contributed by atoms with E-state index >= 15 is 0 Å². The van der Waals surface area contributed by atoms with Crippen molar-refractivity contribution in [1.29, 1.82) is 0 Å². The maximum Gasteiger partial charge on any atom is 0.276 e. The highest BCUT2D eigenvalue weighted by Gasteiger charge is 2.21. The van der Waals surface area contributed by atoms with Crippen LogP contribution in [0.3, 0.4) is 0 Å². The number of imidazole rings is 1. The summed E-state index contributed by atoms with van der Waals surface area (Å²) >= 11 is 0. The van der Waals surface area contributed by atoms with Crippen molar-refractivity contribution in [2.75, 3.05) is 5.32 Å². The van der Waals surface area contributed by atoms with Crippen LogP contribution in [0.1, 0.15) is 27.3 Å². The summed E-state index contributed by atoms with van der Waals surface area (Å²) in [5.41, 5.74) is 5.87. The minimum Gasteiger partial charge on any atom is -0.304 e. The average molecular weight is 345 g/mol. The lowest BCUT2D eigenvalue weighted by Gasteiger charge is -2.06. The zero-order chi connectivity index (χ0) is 18.3. The van der Waals surface area contributed by atoms with Gasteiger partial charge in [0, 0.05) is 23.5 Å². The van der Waals surface area contributed by atoms with Gasteiger partial charge in [0.15, 0.2) is 5.82 Å². The van der Waals surface area contributed by atoms with Gasteiger partial charge < -0.3 is 5.32 Å². The van der Waals surface area contributed by atoms with Crippen LogP contribution in [0.5, 0.6) is 0 Å². The number of fused-ring (bicyclic) bond motifs is 1. The number of aryl methyl sites for hydroxylation is 3. The molecule has 2 N–H and O–H groups in total. The highest BCUT2D eigenvalue weighted by atomic mass is 16.2. The lowest BCUT2D eigenvalue weighted by Crippen LogP contribution is -2.16. The number of nitrogens with one attached hydrogen (secondary N) is 2. The van der Waals surface area contributed by atoms with Gasteiger partial charge in [-0.15, -0.1) is 0 Å². The maximum atomic E-state index is 13.0. The van der Waals surface area contributed by atoms with E-state index < -0.39 is 0 Å². The highest BCUT2D eigenvalue weighted by Crippen LogP contribution is 2.26. The van der Waals surface area contributed by atoms with Gasteiger partial charge in [0.25, 0.3) is 5.91 Å². The van der Waals surface area contributed by atoms with E-state index in [0.717, 1.165) is 28.0 Å². The van der Waals surface area contributed by atoms with Crippen molar-refractivity contribution in [3.8, 4) is 11.3 Å². The van der Waals surface area contributed by atoms with E-state index in [2.05, 4.69) is 15.5 Å². The molecular formula is C20H19N5O. The second-order valence-electron chi connectivity index (χ2n) is 6.50. The summed E-state index contributed by atoms with van der Waals surface area (Å²) in [5, 5.41) is 9.78. The molecule has 0 saturated heterocycles. The normalized spacial score (nSPS) is 11.0. The zero-order valence-corrected chi connectivity index (χ0v) is 14.9. The molecule has 3 aromatic heterocycles. The lowest BCUT2D eigenvalue weighted by atomic mass is 10.1. The van der Waals surface area contributed by atoms with Crippen LogP contribution in [0.2, 0.25) is 0 Å². The fraction of sp³-hybridized carbons (Fsp3) is 0.150. The van der Waals surface area contributed by atoms with E-state index in [0.29, 0.717) is 17.2 Å². The van der Waals surface area contributed by atoms with Crippen LogP contribution in [0.4, 0.5) is 5.82 Å². The molecule has 0 aliphatic rings. The topological polar surface area (TPSA) is 75.1 Å². The number of rotatable bonds is 3. The number of amides is 1. The summed E-state index contributed by atoms with van der Waals surface area (Å²) in [6.07, 6.45) is 1.92. The SMILES string of the molecule is Cc1ccc(-c2nc3ccc(C)cn3c2C(=O)Nc2cc(C)[nH]n2)cc1. The number of carbonyl (C=O) groups is 1. The smallest absolute Gasteiger partial charge is 0.276 e. The number of anilines is 1. The molecule has 3 heterocycles. The van der Waals surface area contributed by atoms with Crippen molar-refractivity contribution in [2.45, 2.75) is 20.8 Å². The van der Waals surface area contributed by atoms with E-state index in [4.69, 9.17) is 4.98 Å². The Labute approximate surface area is 150 Å². The average Bonchev–Trinajstić information content (AvgIpc) is 3.18. The van der Waals surface area contributed by atoms with E-state index in [-0.39, 0.29) is 5.91 Å². The van der Waals surface area contributed by atoms with Crippen LogP contribution in [0.15, 0.2) is 48.7 Å². The van der Waals surface area contributed by atoms with Crippen LogP contribution < -0.4 is 5.32 Å². The first-order valence-electron chi connectivity index (χ1n) is 8.40. The zero-order valence-electron chi connectivity index (χ0n) is 14.9. The number of pyridine rings is 1. The van der Waals surface area contributed by atoms with Crippen LogP contribution in [-0.2, 0) is 0 Å². The Morgan fingerprint density at radius 1 is 1.04 bits per heavy atom. The summed E-state index contributed by atoms with van der Waals surface area (Å²) in [5.74, 6) is 0.245. The molecule has 0 aliphatic heterocycles. The van der Waals surface area contributed by atoms with Crippen molar-refractivity contribution in [3.05, 3.63) is 71.2 Å². The molecule has 0 radical (unpaired) electrons. The number of benzene rings is 1. The molecular weight excluding hydrogens is 326 g/mol. The van der Waals surface area contributed by atoms with Gasteiger partial charge >= 0.3 is 0 Å². The Hall–Kier alpha value is -3.41. The van der Waals surface area contributed by atoms with Crippen molar-refractivity contribution in [3.63, 3.8) is 0 Å². The second-order valence-corrected chi connectivity index (χ2v) is 6.50. The predicted molar refractivity (Wildman–Crippen MR) is 101 cm³/mol. The molecule has 0 aliphatic carbocycles. The monoisotopic (exact) mass is 345 g/mol. The molecule has 4 aromatic rings. The Morgan fingerprint density at radius 2 is 1.77 bits per heavy atom. The van der Waals surface area contributed by atoms with Crippen molar-refractivity contribution < 1.29 is 4.79 Å². The molecule has 6 nitrogen and oxygen atoms in total. The van der Waals surface area contributed by atoms with Gasteiger partial charge in [0.2, 0.25) is 0 Å². The number of aromatic amines is 1. The highest BCUT2D eigenvalue weighted by molar-refractivity contribution is 6.07. The Kier molecular flexibility index (Phi) is 3.80. The third-order valence-corrected chi connectivity index (χ3v) is 4.25. The number of H-pyrrole nitrogens is 1. The molecule has 4 rings (SSSR count). The molecule has 1 aromatic carbocycles. The quantitative estimate of drug-likeness (QED) is 0.591. The number of aromatic nitrogens is 4. The number of hydrogen-bond acceptors (Lipinski definition) is 3. The largest absolute Gasteiger partial charge is 0.304 e. The summed E-state index contributed by atoms with van der Waals surface area (Å²) in [6.45, 7) is 5.91. The first-order valence-corrected chi connectivity index (χ1v) is 8.40. The molecule has 0 saturated carbocycles. The number of hydrogen-bond donors (Lipinski definition) is 2. The summed E-state index contributed by atoms with van der Waals surface area (Å²) < 4.78 is 1.83. The van der Waals surface area contributed by atoms with Crippen molar-refractivity contribution in [2.24, 2.45) is 0 Å². The van der Waals surface area contributed by atoms with E-state index in [9.17, 15) is 4.79 Å². The molecule has 0 bridgehead atoms. The lowest BCUT2D eigenvalue weighted by molar-refractivity contribution is 0.102. The third-order valence-electron chi connectivity index (χ3n) is 4.25. The second kappa shape index (κ2) is 6.15. The van der Waals surface area contributed by atoms with Gasteiger partial charge in [0.05, 0.1) is 0 Å². The van der Waals surface area contributed by atoms with Crippen LogP contribution in [0, 0.1) is 20.8 Å². The fourth-order valence-electron chi connectivity index (χ4n) is 2.94. The molecule has 130 valence electrons. The predicted octanol–water partition coefficient (Wildman–Crippen LogP) is 3.90. The summed E-state index contributed by atoms with van der Waals surface area (Å²) in [6, 6.07) is 13.7. The van der Waals surface area contributed by atoms with Crippen molar-refractivity contribution in [1.82, 2.24) is 19.6 Å². The van der Waals surface area contributed by atoms with E-state index in [1.54, 1.807) is 6.07 Å². The molecule has 1 amide bonds. The Morgan fingerprint density at radius 3 is 2.46 bits per heavy atom. The van der Waals surface area contributed by atoms with Gasteiger partial charge in [-0.25, -0.2) is 4.98 Å². The maximum absolute atomic E-state index is 13.0. The molecule has 0 spiro atoms. The fourth-order valence-corrected chi connectivity index (χ4v) is 2.94. The van der Waals surface area contributed by atoms with Gasteiger partial charge in [-0.2, -0.15) is 5.10 Å². The van der Waals surface area contributed by atoms with Crippen LogP contribution in [-0.4, -0.2) is 25.5 Å². The molecule has 26 heavy (non-hydrogen) atoms. The first-order chi connectivity index (χ1) is 12.5. The minimum atomic E-state index is -0.245. The molecule has 0 atom stereocenters. The Balaban J connectivity index is 1.87. The molecule has 0 unspecified atom stereocenters. The van der Waals surface area contributed by atoms with Gasteiger partial charge in [-0.1, -0.05) is 35.9 Å². The van der Waals surface area contributed by atoms with Crippen LogP contribution >= 0.6 is 0 Å². The number of nitrogens with zero attached hydrogens (tertiary/aromatic N) is 3. The van der Waals surface area contributed by atoms with Gasteiger partial charge in [-0.05, 0) is 32.4 Å².